The molecule has 1 aromatic rings. The van der Waals surface area contributed by atoms with Crippen molar-refractivity contribution in [2.45, 2.75) is 12.5 Å². The van der Waals surface area contributed by atoms with E-state index < -0.39 is 0 Å². The van der Waals surface area contributed by atoms with Crippen molar-refractivity contribution in [2.24, 2.45) is 0 Å². The van der Waals surface area contributed by atoms with E-state index in [-0.39, 0.29) is 24.4 Å². The van der Waals surface area contributed by atoms with Gasteiger partial charge in [-0.1, -0.05) is 12.1 Å². The fourth-order valence-corrected chi connectivity index (χ4v) is 2.11. The molecular formula is C15H23ClN2O4. The van der Waals surface area contributed by atoms with Crippen LogP contribution in [0.1, 0.15) is 6.42 Å². The SMILES string of the molecule is COCCOc1ccccc1NC(=O)CC1COCCN1.Cl. The van der Waals surface area contributed by atoms with Crippen molar-refractivity contribution in [3.05, 3.63) is 24.3 Å². The quantitative estimate of drug-likeness (QED) is 0.741. The largest absolute Gasteiger partial charge is 0.489 e. The van der Waals surface area contributed by atoms with E-state index in [2.05, 4.69) is 10.6 Å². The third-order valence-electron chi connectivity index (χ3n) is 3.14. The zero-order valence-electron chi connectivity index (χ0n) is 12.7. The van der Waals surface area contributed by atoms with Crippen molar-refractivity contribution in [3.63, 3.8) is 0 Å². The number of anilines is 1. The lowest BCUT2D eigenvalue weighted by molar-refractivity contribution is -0.117. The molecule has 0 radical (unpaired) electrons. The number of benzene rings is 1. The number of hydrogen-bond donors (Lipinski definition) is 2. The average molecular weight is 331 g/mol. The Bertz CT molecular complexity index is 453. The van der Waals surface area contributed by atoms with Gasteiger partial charge in [0, 0.05) is 26.1 Å². The molecule has 0 aliphatic carbocycles. The summed E-state index contributed by atoms with van der Waals surface area (Å²) in [5.41, 5.74) is 0.676. The zero-order chi connectivity index (χ0) is 14.9. The number of rotatable bonds is 7. The van der Waals surface area contributed by atoms with E-state index in [1.54, 1.807) is 7.11 Å². The Hall–Kier alpha value is -1.34. The molecule has 6 nitrogen and oxygen atoms in total. The van der Waals surface area contributed by atoms with Crippen molar-refractivity contribution in [1.82, 2.24) is 5.32 Å². The molecule has 1 amide bonds. The molecule has 22 heavy (non-hydrogen) atoms. The van der Waals surface area contributed by atoms with Crippen LogP contribution < -0.4 is 15.4 Å². The van der Waals surface area contributed by atoms with Gasteiger partial charge in [0.1, 0.15) is 12.4 Å². The highest BCUT2D eigenvalue weighted by Gasteiger charge is 2.17. The molecule has 1 aliphatic heterocycles. The number of amides is 1. The molecule has 2 N–H and O–H groups in total. The van der Waals surface area contributed by atoms with E-state index >= 15 is 0 Å². The maximum absolute atomic E-state index is 12.1. The first kappa shape index (κ1) is 18.7. The molecule has 7 heteroatoms. The average Bonchev–Trinajstić information content (AvgIpc) is 2.50. The summed E-state index contributed by atoms with van der Waals surface area (Å²) in [5, 5.41) is 6.14. The number of methoxy groups -OCH3 is 1. The molecule has 1 unspecified atom stereocenters. The van der Waals surface area contributed by atoms with Crippen molar-refractivity contribution >= 4 is 24.0 Å². The summed E-state index contributed by atoms with van der Waals surface area (Å²) >= 11 is 0. The Morgan fingerprint density at radius 3 is 2.95 bits per heavy atom. The van der Waals surface area contributed by atoms with Crippen LogP contribution in [0.25, 0.3) is 0 Å². The van der Waals surface area contributed by atoms with Gasteiger partial charge in [-0.3, -0.25) is 4.79 Å². The van der Waals surface area contributed by atoms with E-state index in [4.69, 9.17) is 14.2 Å². The Labute approximate surface area is 136 Å². The topological polar surface area (TPSA) is 68.8 Å². The van der Waals surface area contributed by atoms with Crippen LogP contribution in [0.5, 0.6) is 5.75 Å². The number of hydrogen-bond acceptors (Lipinski definition) is 5. The van der Waals surface area contributed by atoms with Crippen LogP contribution in [-0.4, -0.2) is 52.0 Å². The third-order valence-corrected chi connectivity index (χ3v) is 3.14. The lowest BCUT2D eigenvalue weighted by atomic mass is 10.2. The molecule has 1 fully saturated rings. The Morgan fingerprint density at radius 1 is 1.41 bits per heavy atom. The number of ether oxygens (including phenoxy) is 3. The molecule has 1 aliphatic rings. The van der Waals surface area contributed by atoms with Crippen molar-refractivity contribution in [1.29, 1.82) is 0 Å². The lowest BCUT2D eigenvalue weighted by Crippen LogP contribution is -2.43. The maximum atomic E-state index is 12.1. The second-order valence-electron chi connectivity index (χ2n) is 4.82. The molecule has 1 heterocycles. The minimum Gasteiger partial charge on any atom is -0.489 e. The van der Waals surface area contributed by atoms with Gasteiger partial charge in [0.05, 0.1) is 25.5 Å². The van der Waals surface area contributed by atoms with Gasteiger partial charge in [0.15, 0.2) is 0 Å². The monoisotopic (exact) mass is 330 g/mol. The van der Waals surface area contributed by atoms with E-state index in [0.717, 1.165) is 6.54 Å². The molecule has 0 bridgehead atoms. The number of para-hydroxylation sites is 2. The third kappa shape index (κ3) is 6.19. The number of morpholine rings is 1. The fraction of sp³-hybridized carbons (Fsp3) is 0.533. The molecule has 1 atom stereocenters. The summed E-state index contributed by atoms with van der Waals surface area (Å²) in [4.78, 5) is 12.1. The number of carbonyl (C=O) groups is 1. The van der Waals surface area contributed by atoms with E-state index in [0.29, 0.717) is 44.3 Å². The first-order chi connectivity index (χ1) is 10.3. The first-order valence-electron chi connectivity index (χ1n) is 7.11. The van der Waals surface area contributed by atoms with Crippen LogP contribution in [0, 0.1) is 0 Å². The zero-order valence-corrected chi connectivity index (χ0v) is 13.5. The Balaban J connectivity index is 0.00000242. The molecule has 1 aromatic carbocycles. The van der Waals surface area contributed by atoms with Crippen LogP contribution in [0.3, 0.4) is 0 Å². The molecule has 124 valence electrons. The molecule has 0 aromatic heterocycles. The standard InChI is InChI=1S/C15H22N2O4.ClH/c1-19-8-9-21-14-5-3-2-4-13(14)17-15(18)10-12-11-20-7-6-16-12;/h2-5,12,16H,6-11H2,1H3,(H,17,18);1H. The van der Waals surface area contributed by atoms with Gasteiger partial charge in [0.25, 0.3) is 0 Å². The minimum absolute atomic E-state index is 0. The number of nitrogens with one attached hydrogen (secondary N) is 2. The smallest absolute Gasteiger partial charge is 0.226 e. The van der Waals surface area contributed by atoms with Gasteiger partial charge in [-0.2, -0.15) is 0 Å². The normalized spacial score (nSPS) is 17.4. The van der Waals surface area contributed by atoms with Crippen molar-refractivity contribution in [3.8, 4) is 5.75 Å². The molecule has 1 saturated heterocycles. The highest BCUT2D eigenvalue weighted by Crippen LogP contribution is 2.23. The minimum atomic E-state index is -0.0548. The second kappa shape index (κ2) is 10.4. The van der Waals surface area contributed by atoms with E-state index in [9.17, 15) is 4.79 Å². The predicted octanol–water partition coefficient (Wildman–Crippen LogP) is 1.45. The molecule has 0 spiro atoms. The highest BCUT2D eigenvalue weighted by molar-refractivity contribution is 5.92. The Kier molecular flexibility index (Phi) is 8.84. The van der Waals surface area contributed by atoms with Gasteiger partial charge in [-0.25, -0.2) is 0 Å². The van der Waals surface area contributed by atoms with Crippen LogP contribution in [0.15, 0.2) is 24.3 Å². The van der Waals surface area contributed by atoms with Gasteiger partial charge in [0.2, 0.25) is 5.91 Å². The summed E-state index contributed by atoms with van der Waals surface area (Å²) in [6.07, 6.45) is 0.381. The van der Waals surface area contributed by atoms with Crippen LogP contribution in [0.4, 0.5) is 5.69 Å². The van der Waals surface area contributed by atoms with E-state index in [1.165, 1.54) is 0 Å². The highest BCUT2D eigenvalue weighted by atomic mass is 35.5. The van der Waals surface area contributed by atoms with Crippen molar-refractivity contribution < 1.29 is 19.0 Å². The summed E-state index contributed by atoms with van der Waals surface area (Å²) in [6, 6.07) is 7.45. The van der Waals surface area contributed by atoms with Crippen LogP contribution in [-0.2, 0) is 14.3 Å². The summed E-state index contributed by atoms with van der Waals surface area (Å²) in [5.74, 6) is 0.594. The van der Waals surface area contributed by atoms with Gasteiger partial charge in [-0.15, -0.1) is 12.4 Å². The second-order valence-corrected chi connectivity index (χ2v) is 4.82. The molecule has 0 saturated carbocycles. The van der Waals surface area contributed by atoms with Crippen molar-refractivity contribution in [2.75, 3.05) is 45.4 Å². The summed E-state index contributed by atoms with van der Waals surface area (Å²) in [6.45, 7) is 3.01. The van der Waals surface area contributed by atoms with Gasteiger partial charge in [-0.05, 0) is 12.1 Å². The summed E-state index contributed by atoms with van der Waals surface area (Å²) < 4.78 is 15.9. The van der Waals surface area contributed by atoms with Gasteiger partial charge < -0.3 is 24.8 Å². The fourth-order valence-electron chi connectivity index (χ4n) is 2.11. The van der Waals surface area contributed by atoms with Crippen LogP contribution in [0.2, 0.25) is 0 Å². The Morgan fingerprint density at radius 2 is 2.23 bits per heavy atom. The lowest BCUT2D eigenvalue weighted by Gasteiger charge is -2.23. The van der Waals surface area contributed by atoms with Crippen LogP contribution >= 0.6 is 12.4 Å². The maximum Gasteiger partial charge on any atom is 0.226 e. The predicted molar refractivity (Wildman–Crippen MR) is 86.9 cm³/mol. The number of halogens is 1. The van der Waals surface area contributed by atoms with E-state index in [1.807, 2.05) is 24.3 Å². The molecular weight excluding hydrogens is 308 g/mol. The summed E-state index contributed by atoms with van der Waals surface area (Å²) in [7, 11) is 1.62. The first-order valence-corrected chi connectivity index (χ1v) is 7.11. The number of carbonyl (C=O) groups excluding carboxylic acids is 1. The van der Waals surface area contributed by atoms with Gasteiger partial charge >= 0.3 is 0 Å². The molecule has 2 rings (SSSR count).